The lowest BCUT2D eigenvalue weighted by atomic mass is 9.84. The summed E-state index contributed by atoms with van der Waals surface area (Å²) in [5.41, 5.74) is 9.18. The molecule has 1 aliphatic rings. The van der Waals surface area contributed by atoms with Gasteiger partial charge in [0.1, 0.15) is 11.4 Å². The summed E-state index contributed by atoms with van der Waals surface area (Å²) in [6.07, 6.45) is 0.667. The van der Waals surface area contributed by atoms with Crippen molar-refractivity contribution in [2.45, 2.75) is 32.6 Å². The SMILES string of the molecule is CN1c2ccc(Cl)cc2NN1c1cc(C(C)(C)C)cc(Cc2ccccc2)c1O. The standard InChI is InChI=1S/C24H26ClN3O/c1-24(2,3)18-13-17(12-16-8-6-5-7-9-16)23(29)22(14-18)28-26-20-15-19(25)10-11-21(20)27(28)4/h5-11,13-15,26,29H,12H2,1-4H3. The average Bonchev–Trinajstić information content (AvgIpc) is 2.99. The Labute approximate surface area is 177 Å². The number of phenols is 1. The fourth-order valence-electron chi connectivity index (χ4n) is 3.62. The van der Waals surface area contributed by atoms with Crippen LogP contribution in [0, 0.1) is 0 Å². The van der Waals surface area contributed by atoms with Gasteiger partial charge >= 0.3 is 0 Å². The maximum Gasteiger partial charge on any atom is 0.146 e. The lowest BCUT2D eigenvalue weighted by Gasteiger charge is -2.31. The molecule has 0 bridgehead atoms. The van der Waals surface area contributed by atoms with Crippen molar-refractivity contribution < 1.29 is 5.11 Å². The Kier molecular flexibility index (Phi) is 4.83. The summed E-state index contributed by atoms with van der Waals surface area (Å²) in [7, 11) is 1.97. The number of halogens is 1. The molecule has 1 aliphatic heterocycles. The second kappa shape index (κ2) is 7.20. The van der Waals surface area contributed by atoms with Gasteiger partial charge in [0, 0.05) is 24.1 Å². The monoisotopic (exact) mass is 407 g/mol. The van der Waals surface area contributed by atoms with Crippen molar-refractivity contribution in [3.8, 4) is 5.75 Å². The van der Waals surface area contributed by atoms with Gasteiger partial charge in [0.25, 0.3) is 0 Å². The van der Waals surface area contributed by atoms with E-state index in [0.717, 1.165) is 28.2 Å². The first-order chi connectivity index (χ1) is 13.7. The molecule has 2 N–H and O–H groups in total. The molecule has 0 atom stereocenters. The van der Waals surface area contributed by atoms with Gasteiger partial charge in [0.2, 0.25) is 0 Å². The first-order valence-electron chi connectivity index (χ1n) is 9.74. The maximum absolute atomic E-state index is 11.2. The summed E-state index contributed by atoms with van der Waals surface area (Å²) in [4.78, 5) is 0. The third-order valence-electron chi connectivity index (χ3n) is 5.33. The molecule has 0 saturated carbocycles. The van der Waals surface area contributed by atoms with Crippen LogP contribution in [0.3, 0.4) is 0 Å². The molecule has 1 heterocycles. The molecule has 150 valence electrons. The molecule has 5 heteroatoms. The molecule has 0 aliphatic carbocycles. The van der Waals surface area contributed by atoms with Gasteiger partial charge in [-0.3, -0.25) is 10.4 Å². The number of nitrogens with zero attached hydrogens (tertiary/aromatic N) is 2. The molecule has 29 heavy (non-hydrogen) atoms. The lowest BCUT2D eigenvalue weighted by molar-refractivity contribution is 0.467. The molecule has 0 radical (unpaired) electrons. The third kappa shape index (κ3) is 3.73. The smallest absolute Gasteiger partial charge is 0.146 e. The van der Waals surface area contributed by atoms with Crippen molar-refractivity contribution >= 4 is 28.7 Å². The summed E-state index contributed by atoms with van der Waals surface area (Å²) >= 11 is 6.17. The second-order valence-electron chi connectivity index (χ2n) is 8.52. The molecular weight excluding hydrogens is 382 g/mol. The van der Waals surface area contributed by atoms with E-state index in [-0.39, 0.29) is 11.2 Å². The van der Waals surface area contributed by atoms with Crippen molar-refractivity contribution in [3.63, 3.8) is 0 Å². The van der Waals surface area contributed by atoms with Crippen LogP contribution in [0.25, 0.3) is 0 Å². The topological polar surface area (TPSA) is 38.7 Å². The van der Waals surface area contributed by atoms with E-state index in [1.165, 1.54) is 5.56 Å². The maximum atomic E-state index is 11.2. The number of phenolic OH excluding ortho intramolecular Hbond substituents is 1. The minimum absolute atomic E-state index is 0.0532. The predicted molar refractivity (Wildman–Crippen MR) is 122 cm³/mol. The average molecular weight is 408 g/mol. The summed E-state index contributed by atoms with van der Waals surface area (Å²) in [6, 6.07) is 20.1. The molecule has 0 amide bonds. The molecule has 0 fully saturated rings. The van der Waals surface area contributed by atoms with E-state index in [4.69, 9.17) is 11.6 Å². The minimum Gasteiger partial charge on any atom is -0.505 e. The van der Waals surface area contributed by atoms with Crippen LogP contribution in [0.5, 0.6) is 5.75 Å². The van der Waals surface area contributed by atoms with E-state index in [1.807, 2.05) is 53.6 Å². The number of benzene rings is 3. The molecule has 3 aromatic rings. The first-order valence-corrected chi connectivity index (χ1v) is 10.1. The predicted octanol–water partition coefficient (Wildman–Crippen LogP) is 6.13. The Balaban J connectivity index is 1.80. The number of nitrogens with one attached hydrogen (secondary N) is 1. The van der Waals surface area contributed by atoms with Crippen LogP contribution in [-0.2, 0) is 11.8 Å². The van der Waals surface area contributed by atoms with Crippen LogP contribution in [0.2, 0.25) is 5.02 Å². The fraction of sp³-hybridized carbons (Fsp3) is 0.250. The van der Waals surface area contributed by atoms with Crippen LogP contribution in [0.15, 0.2) is 60.7 Å². The number of rotatable bonds is 3. The number of hydrogen-bond donors (Lipinski definition) is 2. The normalized spacial score (nSPS) is 13.4. The van der Waals surface area contributed by atoms with Crippen molar-refractivity contribution in [3.05, 3.63) is 82.4 Å². The Morgan fingerprint density at radius 1 is 0.966 bits per heavy atom. The Hall–Kier alpha value is -2.85. The van der Waals surface area contributed by atoms with Gasteiger partial charge in [0.15, 0.2) is 0 Å². The summed E-state index contributed by atoms with van der Waals surface area (Å²) in [5.74, 6) is 0.278. The first kappa shape index (κ1) is 19.5. The molecule has 4 rings (SSSR count). The molecule has 3 aromatic carbocycles. The van der Waals surface area contributed by atoms with Gasteiger partial charge < -0.3 is 5.11 Å². The summed E-state index contributed by atoms with van der Waals surface area (Å²) in [6.45, 7) is 6.56. The second-order valence-corrected chi connectivity index (χ2v) is 8.96. The van der Waals surface area contributed by atoms with Gasteiger partial charge in [-0.2, -0.15) is 5.12 Å². The van der Waals surface area contributed by atoms with Crippen LogP contribution in [0.1, 0.15) is 37.5 Å². The number of fused-ring (bicyclic) bond motifs is 1. The molecule has 4 nitrogen and oxygen atoms in total. The highest BCUT2D eigenvalue weighted by Gasteiger charge is 2.29. The van der Waals surface area contributed by atoms with E-state index in [0.29, 0.717) is 11.4 Å². The van der Waals surface area contributed by atoms with Crippen LogP contribution < -0.4 is 15.6 Å². The van der Waals surface area contributed by atoms with Crippen molar-refractivity contribution in [2.24, 2.45) is 0 Å². The molecule has 0 unspecified atom stereocenters. The molecular formula is C24H26ClN3O. The quantitative estimate of drug-likeness (QED) is 0.547. The zero-order chi connectivity index (χ0) is 20.8. The van der Waals surface area contributed by atoms with Gasteiger partial charge in [-0.1, -0.05) is 68.8 Å². The van der Waals surface area contributed by atoms with E-state index in [9.17, 15) is 5.11 Å². The van der Waals surface area contributed by atoms with Gasteiger partial charge in [-0.25, -0.2) is 0 Å². The van der Waals surface area contributed by atoms with Crippen molar-refractivity contribution in [2.75, 3.05) is 22.6 Å². The highest BCUT2D eigenvalue weighted by Crippen LogP contribution is 2.43. The van der Waals surface area contributed by atoms with E-state index in [2.05, 4.69) is 50.5 Å². The number of aromatic hydroxyl groups is 1. The van der Waals surface area contributed by atoms with Crippen LogP contribution in [0.4, 0.5) is 17.1 Å². The Morgan fingerprint density at radius 2 is 1.69 bits per heavy atom. The van der Waals surface area contributed by atoms with Crippen LogP contribution >= 0.6 is 11.6 Å². The van der Waals surface area contributed by atoms with E-state index < -0.39 is 0 Å². The van der Waals surface area contributed by atoms with Gasteiger partial charge in [-0.05, 0) is 40.8 Å². The Bertz CT molecular complexity index is 1040. The zero-order valence-corrected chi connectivity index (χ0v) is 18.0. The third-order valence-corrected chi connectivity index (χ3v) is 5.57. The number of hydrogen-bond acceptors (Lipinski definition) is 4. The van der Waals surface area contributed by atoms with Crippen molar-refractivity contribution in [1.29, 1.82) is 0 Å². The highest BCUT2D eigenvalue weighted by atomic mass is 35.5. The van der Waals surface area contributed by atoms with Crippen LogP contribution in [-0.4, -0.2) is 12.2 Å². The molecule has 0 saturated heterocycles. The van der Waals surface area contributed by atoms with Crippen molar-refractivity contribution in [1.82, 2.24) is 0 Å². The fourth-order valence-corrected chi connectivity index (χ4v) is 3.79. The highest BCUT2D eigenvalue weighted by molar-refractivity contribution is 6.31. The number of hydrazine groups is 2. The van der Waals surface area contributed by atoms with Gasteiger partial charge in [-0.15, -0.1) is 0 Å². The minimum atomic E-state index is -0.0532. The largest absolute Gasteiger partial charge is 0.505 e. The van der Waals surface area contributed by atoms with E-state index >= 15 is 0 Å². The zero-order valence-electron chi connectivity index (χ0n) is 17.2. The summed E-state index contributed by atoms with van der Waals surface area (Å²) in [5, 5.41) is 15.7. The summed E-state index contributed by atoms with van der Waals surface area (Å²) < 4.78 is 0. The number of anilines is 3. The van der Waals surface area contributed by atoms with Gasteiger partial charge in [0.05, 0.1) is 11.4 Å². The Morgan fingerprint density at radius 3 is 2.38 bits per heavy atom. The molecule has 0 spiro atoms. The van der Waals surface area contributed by atoms with E-state index in [1.54, 1.807) is 0 Å². The molecule has 0 aromatic heterocycles. The lowest BCUT2D eigenvalue weighted by Crippen LogP contribution is -2.39.